The summed E-state index contributed by atoms with van der Waals surface area (Å²) < 4.78 is 13.0. The summed E-state index contributed by atoms with van der Waals surface area (Å²) in [5.74, 6) is -1.97. The second kappa shape index (κ2) is 6.84. The van der Waals surface area contributed by atoms with Gasteiger partial charge in [-0.25, -0.2) is 9.18 Å². The molecule has 0 atom stereocenters. The maximum atomic E-state index is 13.0. The van der Waals surface area contributed by atoms with Gasteiger partial charge in [0.1, 0.15) is 11.4 Å². The standard InChI is InChI=1S/C15H18FNO3/c1-3-15(4-2,14(19)20)17-13(18)9-8-11-6-5-7-12(16)10-11/h5-10H,3-4H2,1-2H3,(H,17,18)(H,19,20). The van der Waals surface area contributed by atoms with Crippen molar-refractivity contribution in [1.29, 1.82) is 0 Å². The van der Waals surface area contributed by atoms with E-state index in [0.29, 0.717) is 18.4 Å². The fourth-order valence-corrected chi connectivity index (χ4v) is 1.84. The van der Waals surface area contributed by atoms with Crippen LogP contribution in [0.4, 0.5) is 4.39 Å². The summed E-state index contributed by atoms with van der Waals surface area (Å²) in [7, 11) is 0. The second-order valence-electron chi connectivity index (χ2n) is 4.47. The van der Waals surface area contributed by atoms with Gasteiger partial charge < -0.3 is 10.4 Å². The van der Waals surface area contributed by atoms with Crippen LogP contribution < -0.4 is 5.32 Å². The van der Waals surface area contributed by atoms with E-state index in [1.165, 1.54) is 30.4 Å². The zero-order chi connectivity index (χ0) is 15.2. The number of carbonyl (C=O) groups excluding carboxylic acids is 1. The normalized spacial score (nSPS) is 11.6. The Labute approximate surface area is 117 Å². The maximum absolute atomic E-state index is 13.0. The lowest BCUT2D eigenvalue weighted by Gasteiger charge is -2.27. The van der Waals surface area contributed by atoms with Gasteiger partial charge in [-0.1, -0.05) is 26.0 Å². The molecule has 0 aliphatic heterocycles. The van der Waals surface area contributed by atoms with E-state index in [4.69, 9.17) is 0 Å². The number of benzene rings is 1. The molecule has 4 nitrogen and oxygen atoms in total. The molecule has 0 fully saturated rings. The lowest BCUT2D eigenvalue weighted by molar-refractivity contribution is -0.147. The Hall–Kier alpha value is -2.17. The Morgan fingerprint density at radius 3 is 2.50 bits per heavy atom. The Kier molecular flexibility index (Phi) is 5.43. The van der Waals surface area contributed by atoms with Crippen LogP contribution in [0.15, 0.2) is 30.3 Å². The zero-order valence-corrected chi connectivity index (χ0v) is 11.5. The summed E-state index contributed by atoms with van der Waals surface area (Å²) in [5, 5.41) is 11.7. The summed E-state index contributed by atoms with van der Waals surface area (Å²) in [6, 6.07) is 5.78. The summed E-state index contributed by atoms with van der Waals surface area (Å²) in [5.41, 5.74) is -0.724. The molecule has 0 saturated heterocycles. The molecule has 20 heavy (non-hydrogen) atoms. The van der Waals surface area contributed by atoms with Crippen LogP contribution in [0.25, 0.3) is 6.08 Å². The first kappa shape index (κ1) is 15.9. The highest BCUT2D eigenvalue weighted by atomic mass is 19.1. The molecule has 0 saturated carbocycles. The van der Waals surface area contributed by atoms with Crippen LogP contribution in [0.2, 0.25) is 0 Å². The maximum Gasteiger partial charge on any atom is 0.329 e. The van der Waals surface area contributed by atoms with Crippen LogP contribution in [0, 0.1) is 5.82 Å². The van der Waals surface area contributed by atoms with Crippen LogP contribution in [0.5, 0.6) is 0 Å². The molecule has 1 amide bonds. The number of halogens is 1. The van der Waals surface area contributed by atoms with Gasteiger partial charge in [-0.2, -0.15) is 0 Å². The molecular formula is C15H18FNO3. The number of carboxylic acid groups (broad SMARTS) is 1. The zero-order valence-electron chi connectivity index (χ0n) is 11.5. The summed E-state index contributed by atoms with van der Waals surface area (Å²) >= 11 is 0. The van der Waals surface area contributed by atoms with E-state index in [-0.39, 0.29) is 0 Å². The summed E-state index contributed by atoms with van der Waals surface area (Å²) in [6.07, 6.45) is 3.23. The summed E-state index contributed by atoms with van der Waals surface area (Å²) in [6.45, 7) is 3.41. The molecule has 0 spiro atoms. The first-order valence-electron chi connectivity index (χ1n) is 6.42. The average molecular weight is 279 g/mol. The number of nitrogens with one attached hydrogen (secondary N) is 1. The number of aliphatic carboxylic acids is 1. The molecular weight excluding hydrogens is 261 g/mol. The Bertz CT molecular complexity index is 522. The molecule has 5 heteroatoms. The highest BCUT2D eigenvalue weighted by Crippen LogP contribution is 2.15. The predicted molar refractivity (Wildman–Crippen MR) is 74.5 cm³/mol. The van der Waals surface area contributed by atoms with E-state index in [1.807, 2.05) is 0 Å². The third-order valence-electron chi connectivity index (χ3n) is 3.25. The van der Waals surface area contributed by atoms with Crippen molar-refractivity contribution in [3.63, 3.8) is 0 Å². The number of carbonyl (C=O) groups is 2. The Morgan fingerprint density at radius 2 is 2.00 bits per heavy atom. The van der Waals surface area contributed by atoms with Crippen molar-refractivity contribution < 1.29 is 19.1 Å². The molecule has 0 aliphatic carbocycles. The lowest BCUT2D eigenvalue weighted by Crippen LogP contribution is -2.53. The van der Waals surface area contributed by atoms with E-state index in [9.17, 15) is 19.1 Å². The lowest BCUT2D eigenvalue weighted by atomic mass is 9.93. The van der Waals surface area contributed by atoms with Crippen LogP contribution in [-0.2, 0) is 9.59 Å². The molecule has 0 bridgehead atoms. The SMILES string of the molecule is CCC(CC)(NC(=O)C=Cc1cccc(F)c1)C(=O)O. The third kappa shape index (κ3) is 3.91. The van der Waals surface area contributed by atoms with Crippen LogP contribution in [0.1, 0.15) is 32.3 Å². The minimum Gasteiger partial charge on any atom is -0.480 e. The van der Waals surface area contributed by atoms with E-state index in [2.05, 4.69) is 5.32 Å². The molecule has 0 unspecified atom stereocenters. The van der Waals surface area contributed by atoms with Gasteiger partial charge in [0.25, 0.3) is 0 Å². The average Bonchev–Trinajstić information content (AvgIpc) is 2.42. The Balaban J connectivity index is 2.79. The van der Waals surface area contributed by atoms with Gasteiger partial charge in [0.2, 0.25) is 5.91 Å². The highest BCUT2D eigenvalue weighted by molar-refractivity contribution is 5.95. The molecule has 108 valence electrons. The first-order chi connectivity index (χ1) is 9.43. The monoisotopic (exact) mass is 279 g/mol. The minimum absolute atomic E-state index is 0.290. The van der Waals surface area contributed by atoms with Crippen molar-refractivity contribution in [3.05, 3.63) is 41.7 Å². The second-order valence-corrected chi connectivity index (χ2v) is 4.47. The first-order valence-corrected chi connectivity index (χ1v) is 6.42. The van der Waals surface area contributed by atoms with E-state index in [0.717, 1.165) is 0 Å². The third-order valence-corrected chi connectivity index (χ3v) is 3.25. The van der Waals surface area contributed by atoms with Crippen molar-refractivity contribution in [2.24, 2.45) is 0 Å². The van der Waals surface area contributed by atoms with Crippen molar-refractivity contribution >= 4 is 18.0 Å². The Morgan fingerprint density at radius 1 is 1.35 bits per heavy atom. The van der Waals surface area contributed by atoms with Gasteiger partial charge in [0, 0.05) is 6.08 Å². The van der Waals surface area contributed by atoms with Gasteiger partial charge in [-0.3, -0.25) is 4.79 Å². The van der Waals surface area contributed by atoms with Crippen molar-refractivity contribution in [1.82, 2.24) is 5.32 Å². The van der Waals surface area contributed by atoms with Crippen LogP contribution >= 0.6 is 0 Å². The number of amides is 1. The highest BCUT2D eigenvalue weighted by Gasteiger charge is 2.35. The molecule has 0 radical (unpaired) electrons. The largest absolute Gasteiger partial charge is 0.480 e. The molecule has 0 aromatic heterocycles. The number of carboxylic acids is 1. The number of hydrogen-bond acceptors (Lipinski definition) is 2. The van der Waals surface area contributed by atoms with Crippen molar-refractivity contribution in [2.45, 2.75) is 32.2 Å². The summed E-state index contributed by atoms with van der Waals surface area (Å²) in [4.78, 5) is 23.0. The predicted octanol–water partition coefficient (Wildman–Crippen LogP) is 2.60. The van der Waals surface area contributed by atoms with E-state index in [1.54, 1.807) is 19.9 Å². The minimum atomic E-state index is -1.26. The van der Waals surface area contributed by atoms with Crippen molar-refractivity contribution in [3.8, 4) is 0 Å². The molecule has 2 N–H and O–H groups in total. The van der Waals surface area contributed by atoms with Crippen molar-refractivity contribution in [2.75, 3.05) is 0 Å². The van der Waals surface area contributed by atoms with Crippen LogP contribution in [-0.4, -0.2) is 22.5 Å². The number of rotatable bonds is 6. The molecule has 1 aromatic carbocycles. The fraction of sp³-hybridized carbons (Fsp3) is 0.333. The van der Waals surface area contributed by atoms with E-state index >= 15 is 0 Å². The quantitative estimate of drug-likeness (QED) is 0.787. The molecule has 1 aromatic rings. The van der Waals surface area contributed by atoms with Gasteiger partial charge in [-0.15, -0.1) is 0 Å². The molecule has 0 heterocycles. The molecule has 1 rings (SSSR count). The van der Waals surface area contributed by atoms with E-state index < -0.39 is 23.2 Å². The van der Waals surface area contributed by atoms with Gasteiger partial charge in [0.15, 0.2) is 0 Å². The number of hydrogen-bond donors (Lipinski definition) is 2. The van der Waals surface area contributed by atoms with Gasteiger partial charge >= 0.3 is 5.97 Å². The topological polar surface area (TPSA) is 66.4 Å². The van der Waals surface area contributed by atoms with Crippen LogP contribution in [0.3, 0.4) is 0 Å². The van der Waals surface area contributed by atoms with Gasteiger partial charge in [-0.05, 0) is 36.6 Å². The smallest absolute Gasteiger partial charge is 0.329 e. The molecule has 0 aliphatic rings. The van der Waals surface area contributed by atoms with Gasteiger partial charge in [0.05, 0.1) is 0 Å². The fourth-order valence-electron chi connectivity index (χ4n) is 1.84.